The summed E-state index contributed by atoms with van der Waals surface area (Å²) in [5.74, 6) is 1.99. The molecule has 3 heteroatoms. The van der Waals surface area contributed by atoms with Crippen molar-refractivity contribution in [1.29, 1.82) is 0 Å². The highest BCUT2D eigenvalue weighted by Crippen LogP contribution is 2.30. The largest absolute Gasteiger partial charge is 0.356 e. The number of aromatic nitrogens is 1. The summed E-state index contributed by atoms with van der Waals surface area (Å²) in [4.78, 5) is 7.08. The Morgan fingerprint density at radius 3 is 2.76 bits per heavy atom. The minimum atomic E-state index is 0.130. The molecule has 2 unspecified atom stereocenters. The van der Waals surface area contributed by atoms with Crippen LogP contribution in [0.15, 0.2) is 18.3 Å². The first-order chi connectivity index (χ1) is 9.87. The first-order valence-electron chi connectivity index (χ1n) is 8.28. The summed E-state index contributed by atoms with van der Waals surface area (Å²) < 4.78 is 0. The third-order valence-electron chi connectivity index (χ3n) is 4.47. The van der Waals surface area contributed by atoms with Crippen LogP contribution in [-0.2, 0) is 6.54 Å². The summed E-state index contributed by atoms with van der Waals surface area (Å²) in [6, 6.07) is 4.88. The highest BCUT2D eigenvalue weighted by atomic mass is 15.2. The molecular weight excluding hydrogens is 258 g/mol. The number of rotatable bonds is 4. The van der Waals surface area contributed by atoms with E-state index in [-0.39, 0.29) is 5.54 Å². The van der Waals surface area contributed by atoms with Crippen molar-refractivity contribution < 1.29 is 0 Å². The summed E-state index contributed by atoms with van der Waals surface area (Å²) in [6.07, 6.45) is 7.23. The van der Waals surface area contributed by atoms with Gasteiger partial charge >= 0.3 is 0 Å². The first-order valence-corrected chi connectivity index (χ1v) is 8.28. The van der Waals surface area contributed by atoms with Crippen LogP contribution in [0.3, 0.4) is 0 Å². The Morgan fingerprint density at radius 2 is 2.10 bits per heavy atom. The lowest BCUT2D eigenvalue weighted by Gasteiger charge is -2.36. The minimum absolute atomic E-state index is 0.130. The van der Waals surface area contributed by atoms with E-state index in [1.807, 2.05) is 12.3 Å². The molecule has 0 aliphatic heterocycles. The molecule has 1 fully saturated rings. The first kappa shape index (κ1) is 16.3. The molecule has 0 aromatic carbocycles. The second kappa shape index (κ2) is 6.78. The van der Waals surface area contributed by atoms with Gasteiger partial charge in [0.1, 0.15) is 5.82 Å². The SMILES string of the molecule is CC1CCCC(N(C)c2ncccc2CNC(C)(C)C)C1. The van der Waals surface area contributed by atoms with E-state index in [2.05, 4.69) is 56.0 Å². The second-order valence-electron chi connectivity index (χ2n) is 7.63. The molecule has 0 bridgehead atoms. The average Bonchev–Trinajstić information content (AvgIpc) is 2.44. The molecule has 1 aromatic heterocycles. The van der Waals surface area contributed by atoms with Gasteiger partial charge in [0.15, 0.2) is 0 Å². The quantitative estimate of drug-likeness (QED) is 0.908. The Morgan fingerprint density at radius 1 is 1.33 bits per heavy atom. The molecule has 3 nitrogen and oxygen atoms in total. The Bertz CT molecular complexity index is 450. The van der Waals surface area contributed by atoms with E-state index in [1.54, 1.807) is 0 Å². The van der Waals surface area contributed by atoms with Crippen molar-refractivity contribution in [3.63, 3.8) is 0 Å². The Balaban J connectivity index is 2.11. The molecule has 0 radical (unpaired) electrons. The third kappa shape index (κ3) is 4.70. The number of nitrogens with one attached hydrogen (secondary N) is 1. The smallest absolute Gasteiger partial charge is 0.132 e. The zero-order chi connectivity index (χ0) is 15.5. The highest BCUT2D eigenvalue weighted by molar-refractivity contribution is 5.47. The van der Waals surface area contributed by atoms with Gasteiger partial charge in [0.2, 0.25) is 0 Å². The van der Waals surface area contributed by atoms with Crippen molar-refractivity contribution in [2.75, 3.05) is 11.9 Å². The monoisotopic (exact) mass is 289 g/mol. The standard InChI is InChI=1S/C18H31N3/c1-14-8-6-10-16(12-14)21(5)17-15(9-7-11-19-17)13-20-18(2,3)4/h7,9,11,14,16,20H,6,8,10,12-13H2,1-5H3. The van der Waals surface area contributed by atoms with Crippen LogP contribution < -0.4 is 10.2 Å². The van der Waals surface area contributed by atoms with E-state index in [0.29, 0.717) is 6.04 Å². The van der Waals surface area contributed by atoms with Gasteiger partial charge in [-0.1, -0.05) is 25.8 Å². The highest BCUT2D eigenvalue weighted by Gasteiger charge is 2.24. The molecule has 1 saturated carbocycles. The number of nitrogens with zero attached hydrogens (tertiary/aromatic N) is 2. The summed E-state index contributed by atoms with van der Waals surface area (Å²) >= 11 is 0. The van der Waals surface area contributed by atoms with Crippen LogP contribution in [0.1, 0.15) is 58.9 Å². The van der Waals surface area contributed by atoms with E-state index in [0.717, 1.165) is 18.3 Å². The van der Waals surface area contributed by atoms with Crippen LogP contribution in [-0.4, -0.2) is 23.6 Å². The lowest BCUT2D eigenvalue weighted by molar-refractivity contribution is 0.335. The lowest BCUT2D eigenvalue weighted by Crippen LogP contribution is -2.38. The summed E-state index contributed by atoms with van der Waals surface area (Å²) in [5.41, 5.74) is 1.43. The fourth-order valence-corrected chi connectivity index (χ4v) is 3.17. The number of hydrogen-bond donors (Lipinski definition) is 1. The van der Waals surface area contributed by atoms with Crippen molar-refractivity contribution in [2.24, 2.45) is 5.92 Å². The average molecular weight is 289 g/mol. The van der Waals surface area contributed by atoms with Gasteiger partial charge in [0.05, 0.1) is 0 Å². The lowest BCUT2D eigenvalue weighted by atomic mass is 9.86. The predicted octanol–water partition coefficient (Wildman–Crippen LogP) is 3.98. The van der Waals surface area contributed by atoms with Crippen LogP contribution in [0.2, 0.25) is 0 Å². The van der Waals surface area contributed by atoms with Gasteiger partial charge in [-0.2, -0.15) is 0 Å². The van der Waals surface area contributed by atoms with Crippen molar-refractivity contribution >= 4 is 5.82 Å². The van der Waals surface area contributed by atoms with Crippen LogP contribution >= 0.6 is 0 Å². The number of anilines is 1. The van der Waals surface area contributed by atoms with Gasteiger partial charge < -0.3 is 10.2 Å². The van der Waals surface area contributed by atoms with E-state index < -0.39 is 0 Å². The maximum atomic E-state index is 4.67. The van der Waals surface area contributed by atoms with Crippen molar-refractivity contribution in [3.8, 4) is 0 Å². The Hall–Kier alpha value is -1.09. The zero-order valence-corrected chi connectivity index (χ0v) is 14.3. The fraction of sp³-hybridized carbons (Fsp3) is 0.722. The van der Waals surface area contributed by atoms with Gasteiger partial charge in [0, 0.05) is 36.9 Å². The molecule has 0 saturated heterocycles. The summed E-state index contributed by atoms with van der Waals surface area (Å²) in [5, 5.41) is 3.58. The maximum Gasteiger partial charge on any atom is 0.132 e. The number of hydrogen-bond acceptors (Lipinski definition) is 3. The Labute approximate surface area is 130 Å². The van der Waals surface area contributed by atoms with E-state index in [4.69, 9.17) is 0 Å². The molecule has 0 amide bonds. The third-order valence-corrected chi connectivity index (χ3v) is 4.47. The molecule has 1 heterocycles. The molecule has 21 heavy (non-hydrogen) atoms. The molecular formula is C18H31N3. The maximum absolute atomic E-state index is 4.67. The second-order valence-corrected chi connectivity index (χ2v) is 7.63. The molecule has 2 rings (SSSR count). The zero-order valence-electron chi connectivity index (χ0n) is 14.3. The van der Waals surface area contributed by atoms with Crippen molar-refractivity contribution in [1.82, 2.24) is 10.3 Å². The summed E-state index contributed by atoms with van der Waals surface area (Å²) in [7, 11) is 2.21. The molecule has 1 aromatic rings. The van der Waals surface area contributed by atoms with Crippen LogP contribution in [0, 0.1) is 5.92 Å². The van der Waals surface area contributed by atoms with Crippen molar-refractivity contribution in [2.45, 2.75) is 71.5 Å². The molecule has 118 valence electrons. The topological polar surface area (TPSA) is 28.2 Å². The van der Waals surface area contributed by atoms with Crippen LogP contribution in [0.25, 0.3) is 0 Å². The molecule has 1 N–H and O–H groups in total. The van der Waals surface area contributed by atoms with Gasteiger partial charge in [-0.05, 0) is 45.6 Å². The fourth-order valence-electron chi connectivity index (χ4n) is 3.17. The van der Waals surface area contributed by atoms with Gasteiger partial charge in [-0.3, -0.25) is 0 Å². The molecule has 0 spiro atoms. The van der Waals surface area contributed by atoms with Crippen LogP contribution in [0.5, 0.6) is 0 Å². The van der Waals surface area contributed by atoms with Gasteiger partial charge in [0.25, 0.3) is 0 Å². The van der Waals surface area contributed by atoms with Gasteiger partial charge in [-0.15, -0.1) is 0 Å². The molecule has 1 aliphatic carbocycles. The summed E-state index contributed by atoms with van der Waals surface area (Å²) in [6.45, 7) is 9.86. The minimum Gasteiger partial charge on any atom is -0.356 e. The predicted molar refractivity (Wildman–Crippen MR) is 90.7 cm³/mol. The van der Waals surface area contributed by atoms with Crippen LogP contribution in [0.4, 0.5) is 5.82 Å². The number of pyridine rings is 1. The Kier molecular flexibility index (Phi) is 5.26. The van der Waals surface area contributed by atoms with E-state index in [9.17, 15) is 0 Å². The normalized spacial score (nSPS) is 23.1. The molecule has 1 aliphatic rings. The van der Waals surface area contributed by atoms with E-state index in [1.165, 1.54) is 31.2 Å². The van der Waals surface area contributed by atoms with Gasteiger partial charge in [-0.25, -0.2) is 4.98 Å². The van der Waals surface area contributed by atoms with E-state index >= 15 is 0 Å². The molecule has 2 atom stereocenters. The van der Waals surface area contributed by atoms with Crippen molar-refractivity contribution in [3.05, 3.63) is 23.9 Å².